The molecule has 110 valence electrons. The van der Waals surface area contributed by atoms with Gasteiger partial charge in [-0.15, -0.1) is 11.3 Å². The third-order valence-corrected chi connectivity index (χ3v) is 3.96. The Bertz CT molecular complexity index is 543. The van der Waals surface area contributed by atoms with Crippen molar-refractivity contribution in [2.45, 2.75) is 26.2 Å². The number of nitrogens with zero attached hydrogens (tertiary/aromatic N) is 3. The monoisotopic (exact) mass is 294 g/mol. The molecule has 0 aliphatic heterocycles. The Labute approximate surface area is 123 Å². The van der Waals surface area contributed by atoms with E-state index < -0.39 is 0 Å². The van der Waals surface area contributed by atoms with Crippen molar-refractivity contribution in [2.75, 3.05) is 37.0 Å². The smallest absolute Gasteiger partial charge is 0.226 e. The molecule has 0 saturated carbocycles. The SMILES string of the molecule is CCNc1nc(N(C)CCCCCO)c2ccsc2n1. The van der Waals surface area contributed by atoms with Gasteiger partial charge in [-0.2, -0.15) is 4.98 Å². The van der Waals surface area contributed by atoms with Crippen LogP contribution in [0, 0.1) is 0 Å². The molecule has 0 radical (unpaired) electrons. The van der Waals surface area contributed by atoms with E-state index in [1.165, 1.54) is 0 Å². The number of hydrogen-bond donors (Lipinski definition) is 2. The Morgan fingerprint density at radius 3 is 2.90 bits per heavy atom. The van der Waals surface area contributed by atoms with Crippen molar-refractivity contribution in [2.24, 2.45) is 0 Å². The molecule has 2 aromatic heterocycles. The third kappa shape index (κ3) is 3.58. The molecule has 5 nitrogen and oxygen atoms in total. The number of thiophene rings is 1. The molecular formula is C14H22N4OS. The zero-order valence-corrected chi connectivity index (χ0v) is 12.9. The zero-order chi connectivity index (χ0) is 14.4. The summed E-state index contributed by atoms with van der Waals surface area (Å²) >= 11 is 1.64. The van der Waals surface area contributed by atoms with Crippen LogP contribution in [-0.4, -0.2) is 41.8 Å². The van der Waals surface area contributed by atoms with Crippen molar-refractivity contribution in [3.8, 4) is 0 Å². The number of hydrogen-bond acceptors (Lipinski definition) is 6. The first-order chi connectivity index (χ1) is 9.76. The minimum atomic E-state index is 0.274. The second-order valence-electron chi connectivity index (χ2n) is 4.75. The molecule has 20 heavy (non-hydrogen) atoms. The van der Waals surface area contributed by atoms with Gasteiger partial charge < -0.3 is 15.3 Å². The summed E-state index contributed by atoms with van der Waals surface area (Å²) in [4.78, 5) is 12.3. The average Bonchev–Trinajstić information content (AvgIpc) is 2.91. The standard InChI is InChI=1S/C14H22N4OS/c1-3-15-14-16-12(11-7-10-20-13(11)17-14)18(2)8-5-4-6-9-19/h7,10,19H,3-6,8-9H2,1-2H3,(H,15,16,17). The van der Waals surface area contributed by atoms with Gasteiger partial charge >= 0.3 is 0 Å². The summed E-state index contributed by atoms with van der Waals surface area (Å²) in [5.74, 6) is 1.68. The summed E-state index contributed by atoms with van der Waals surface area (Å²) in [6.45, 7) is 4.07. The molecule has 0 spiro atoms. The van der Waals surface area contributed by atoms with Crippen molar-refractivity contribution in [3.05, 3.63) is 11.4 Å². The van der Waals surface area contributed by atoms with E-state index in [-0.39, 0.29) is 6.61 Å². The van der Waals surface area contributed by atoms with Gasteiger partial charge in [-0.05, 0) is 37.6 Å². The first kappa shape index (κ1) is 15.0. The number of fused-ring (bicyclic) bond motifs is 1. The van der Waals surface area contributed by atoms with Crippen LogP contribution in [0.2, 0.25) is 0 Å². The van der Waals surface area contributed by atoms with Gasteiger partial charge in [-0.3, -0.25) is 0 Å². The van der Waals surface area contributed by atoms with Crippen LogP contribution in [0.15, 0.2) is 11.4 Å². The molecule has 0 fully saturated rings. The Hall–Kier alpha value is -1.40. The number of nitrogens with one attached hydrogen (secondary N) is 1. The zero-order valence-electron chi connectivity index (χ0n) is 12.1. The lowest BCUT2D eigenvalue weighted by Crippen LogP contribution is -2.20. The summed E-state index contributed by atoms with van der Waals surface area (Å²) in [7, 11) is 2.06. The summed E-state index contributed by atoms with van der Waals surface area (Å²) in [5.41, 5.74) is 0. The van der Waals surface area contributed by atoms with E-state index >= 15 is 0 Å². The Morgan fingerprint density at radius 2 is 2.15 bits per heavy atom. The van der Waals surface area contributed by atoms with Crippen LogP contribution in [0.5, 0.6) is 0 Å². The van der Waals surface area contributed by atoms with E-state index in [4.69, 9.17) is 5.11 Å². The fourth-order valence-corrected chi connectivity index (χ4v) is 2.87. The summed E-state index contributed by atoms with van der Waals surface area (Å²) in [5, 5.41) is 15.2. The van der Waals surface area contributed by atoms with Crippen LogP contribution in [0.1, 0.15) is 26.2 Å². The number of aliphatic hydroxyl groups is 1. The quantitative estimate of drug-likeness (QED) is 0.733. The maximum absolute atomic E-state index is 8.82. The van der Waals surface area contributed by atoms with Gasteiger partial charge in [0, 0.05) is 26.7 Å². The topological polar surface area (TPSA) is 61.3 Å². The van der Waals surface area contributed by atoms with Crippen molar-refractivity contribution in [1.82, 2.24) is 9.97 Å². The predicted octanol–water partition coefficient (Wildman–Crippen LogP) is 2.72. The molecule has 2 rings (SSSR count). The van der Waals surface area contributed by atoms with E-state index in [1.807, 2.05) is 6.92 Å². The number of anilines is 2. The normalized spacial score (nSPS) is 10.9. The highest BCUT2D eigenvalue weighted by molar-refractivity contribution is 7.16. The summed E-state index contributed by atoms with van der Waals surface area (Å²) < 4.78 is 0. The van der Waals surface area contributed by atoms with Gasteiger partial charge in [0.15, 0.2) is 0 Å². The molecule has 0 bridgehead atoms. The second kappa shape index (κ2) is 7.40. The molecule has 2 heterocycles. The largest absolute Gasteiger partial charge is 0.396 e. The fourth-order valence-electron chi connectivity index (χ4n) is 2.11. The van der Waals surface area contributed by atoms with Gasteiger partial charge in [0.05, 0.1) is 5.39 Å². The Morgan fingerprint density at radius 1 is 1.30 bits per heavy atom. The van der Waals surface area contributed by atoms with Gasteiger partial charge in [-0.1, -0.05) is 0 Å². The van der Waals surface area contributed by atoms with Crippen LogP contribution < -0.4 is 10.2 Å². The second-order valence-corrected chi connectivity index (χ2v) is 5.64. The first-order valence-corrected chi connectivity index (χ1v) is 7.95. The summed E-state index contributed by atoms with van der Waals surface area (Å²) in [6, 6.07) is 2.08. The van der Waals surface area contributed by atoms with Crippen LogP contribution >= 0.6 is 11.3 Å². The molecule has 2 aromatic rings. The highest BCUT2D eigenvalue weighted by atomic mass is 32.1. The number of rotatable bonds is 8. The van der Waals surface area contributed by atoms with Crippen LogP contribution in [0.4, 0.5) is 11.8 Å². The minimum Gasteiger partial charge on any atom is -0.396 e. The van der Waals surface area contributed by atoms with Crippen molar-refractivity contribution < 1.29 is 5.11 Å². The van der Waals surface area contributed by atoms with Crippen molar-refractivity contribution in [1.29, 1.82) is 0 Å². The van der Waals surface area contributed by atoms with E-state index in [0.29, 0.717) is 5.95 Å². The van der Waals surface area contributed by atoms with Crippen LogP contribution in [0.25, 0.3) is 10.2 Å². The van der Waals surface area contributed by atoms with Crippen molar-refractivity contribution >= 4 is 33.3 Å². The molecule has 2 N–H and O–H groups in total. The molecule has 6 heteroatoms. The minimum absolute atomic E-state index is 0.274. The lowest BCUT2D eigenvalue weighted by molar-refractivity contribution is 0.283. The highest BCUT2D eigenvalue weighted by Gasteiger charge is 2.12. The van der Waals surface area contributed by atoms with E-state index in [1.54, 1.807) is 11.3 Å². The van der Waals surface area contributed by atoms with Gasteiger partial charge in [0.1, 0.15) is 10.6 Å². The van der Waals surface area contributed by atoms with E-state index in [0.717, 1.165) is 48.4 Å². The van der Waals surface area contributed by atoms with E-state index in [2.05, 4.69) is 38.7 Å². The Balaban J connectivity index is 2.15. The van der Waals surface area contributed by atoms with Gasteiger partial charge in [0.25, 0.3) is 0 Å². The maximum atomic E-state index is 8.82. The fraction of sp³-hybridized carbons (Fsp3) is 0.571. The lowest BCUT2D eigenvalue weighted by Gasteiger charge is -2.19. The third-order valence-electron chi connectivity index (χ3n) is 3.15. The summed E-state index contributed by atoms with van der Waals surface area (Å²) in [6.07, 6.45) is 2.97. The number of aliphatic hydroxyl groups excluding tert-OH is 1. The first-order valence-electron chi connectivity index (χ1n) is 7.07. The van der Waals surface area contributed by atoms with Gasteiger partial charge in [-0.25, -0.2) is 4.98 Å². The molecule has 0 aromatic carbocycles. The number of unbranched alkanes of at least 4 members (excludes halogenated alkanes) is 2. The average molecular weight is 294 g/mol. The van der Waals surface area contributed by atoms with Crippen molar-refractivity contribution in [3.63, 3.8) is 0 Å². The highest BCUT2D eigenvalue weighted by Crippen LogP contribution is 2.28. The van der Waals surface area contributed by atoms with Crippen LogP contribution in [-0.2, 0) is 0 Å². The van der Waals surface area contributed by atoms with Crippen LogP contribution in [0.3, 0.4) is 0 Å². The number of aromatic nitrogens is 2. The molecule has 0 amide bonds. The molecule has 0 aliphatic rings. The lowest BCUT2D eigenvalue weighted by atomic mass is 10.2. The molecule has 0 aliphatic carbocycles. The van der Waals surface area contributed by atoms with Gasteiger partial charge in [0.2, 0.25) is 5.95 Å². The van der Waals surface area contributed by atoms with E-state index in [9.17, 15) is 0 Å². The predicted molar refractivity (Wildman–Crippen MR) is 85.8 cm³/mol. The molecule has 0 unspecified atom stereocenters. The maximum Gasteiger partial charge on any atom is 0.226 e. The Kier molecular flexibility index (Phi) is 5.55. The molecule has 0 saturated heterocycles. The molecular weight excluding hydrogens is 272 g/mol. The molecule has 0 atom stereocenters.